The number of carbonyl (C=O) groups is 1. The summed E-state index contributed by atoms with van der Waals surface area (Å²) in [6.07, 6.45) is 3.21. The van der Waals surface area contributed by atoms with Crippen LogP contribution in [0.3, 0.4) is 0 Å². The number of nitrogens with two attached hydrogens (primary N) is 1. The highest BCUT2D eigenvalue weighted by Gasteiger charge is 2.33. The van der Waals surface area contributed by atoms with Gasteiger partial charge in [0.05, 0.1) is 0 Å². The Kier molecular flexibility index (Phi) is 2.93. The van der Waals surface area contributed by atoms with Crippen molar-refractivity contribution in [1.29, 1.82) is 0 Å². The van der Waals surface area contributed by atoms with Gasteiger partial charge in [-0.25, -0.2) is 0 Å². The standard InChI is InChI=1S/C10H14N2OS/c11-6-7-2-1-3-8(7)10(13)9-4-5-14-12-9/h4-5,7-8H,1-3,6,11H2. The first-order valence-corrected chi connectivity index (χ1v) is 5.81. The van der Waals surface area contributed by atoms with Gasteiger partial charge < -0.3 is 5.73 Å². The van der Waals surface area contributed by atoms with E-state index in [9.17, 15) is 4.79 Å². The first-order valence-electron chi connectivity index (χ1n) is 4.97. The summed E-state index contributed by atoms with van der Waals surface area (Å²) in [5.74, 6) is 0.700. The smallest absolute Gasteiger partial charge is 0.185 e. The van der Waals surface area contributed by atoms with Crippen molar-refractivity contribution in [3.8, 4) is 0 Å². The Morgan fingerprint density at radius 2 is 2.50 bits per heavy atom. The molecule has 3 nitrogen and oxygen atoms in total. The van der Waals surface area contributed by atoms with Crippen molar-refractivity contribution < 1.29 is 4.79 Å². The van der Waals surface area contributed by atoms with Gasteiger partial charge in [0.25, 0.3) is 0 Å². The van der Waals surface area contributed by atoms with E-state index in [1.807, 2.05) is 5.38 Å². The summed E-state index contributed by atoms with van der Waals surface area (Å²) >= 11 is 1.33. The van der Waals surface area contributed by atoms with Crippen molar-refractivity contribution in [2.24, 2.45) is 17.6 Å². The van der Waals surface area contributed by atoms with E-state index in [1.165, 1.54) is 11.5 Å². The van der Waals surface area contributed by atoms with Crippen molar-refractivity contribution in [3.05, 3.63) is 17.1 Å². The van der Waals surface area contributed by atoms with Crippen molar-refractivity contribution in [1.82, 2.24) is 4.37 Å². The van der Waals surface area contributed by atoms with Gasteiger partial charge in [0.2, 0.25) is 0 Å². The number of carbonyl (C=O) groups excluding carboxylic acids is 1. The first kappa shape index (κ1) is 9.80. The average Bonchev–Trinajstić information content (AvgIpc) is 2.87. The molecule has 1 aliphatic carbocycles. The fourth-order valence-electron chi connectivity index (χ4n) is 2.19. The summed E-state index contributed by atoms with van der Waals surface area (Å²) in [6, 6.07) is 1.80. The lowest BCUT2D eigenvalue weighted by Crippen LogP contribution is -2.25. The summed E-state index contributed by atoms with van der Waals surface area (Å²) in [6.45, 7) is 0.626. The second-order valence-electron chi connectivity index (χ2n) is 3.78. The van der Waals surface area contributed by atoms with Crippen LogP contribution in [-0.2, 0) is 0 Å². The molecule has 4 heteroatoms. The Balaban J connectivity index is 2.11. The maximum atomic E-state index is 12.0. The minimum atomic E-state index is 0.127. The van der Waals surface area contributed by atoms with E-state index in [0.717, 1.165) is 19.3 Å². The SMILES string of the molecule is NCC1CCCC1C(=O)c1ccsn1. The third-order valence-corrected chi connectivity index (χ3v) is 3.55. The van der Waals surface area contributed by atoms with Crippen LogP contribution in [-0.4, -0.2) is 16.7 Å². The molecule has 0 aromatic carbocycles. The van der Waals surface area contributed by atoms with Gasteiger partial charge in [-0.1, -0.05) is 6.42 Å². The number of nitrogens with zero attached hydrogens (tertiary/aromatic N) is 1. The van der Waals surface area contributed by atoms with Crippen molar-refractivity contribution in [2.45, 2.75) is 19.3 Å². The fraction of sp³-hybridized carbons (Fsp3) is 0.600. The zero-order chi connectivity index (χ0) is 9.97. The van der Waals surface area contributed by atoms with Gasteiger partial charge in [0.1, 0.15) is 5.69 Å². The number of aromatic nitrogens is 1. The van der Waals surface area contributed by atoms with E-state index in [4.69, 9.17) is 5.73 Å². The lowest BCUT2D eigenvalue weighted by molar-refractivity contribution is 0.0889. The first-order chi connectivity index (χ1) is 6.83. The van der Waals surface area contributed by atoms with E-state index in [0.29, 0.717) is 18.2 Å². The topological polar surface area (TPSA) is 56.0 Å². The molecule has 1 saturated carbocycles. The Morgan fingerprint density at radius 1 is 1.64 bits per heavy atom. The van der Waals surface area contributed by atoms with E-state index >= 15 is 0 Å². The highest BCUT2D eigenvalue weighted by atomic mass is 32.1. The van der Waals surface area contributed by atoms with Crippen molar-refractivity contribution >= 4 is 17.3 Å². The summed E-state index contributed by atoms with van der Waals surface area (Å²) < 4.78 is 4.08. The lowest BCUT2D eigenvalue weighted by atomic mass is 9.90. The van der Waals surface area contributed by atoms with Crippen LogP contribution in [0.15, 0.2) is 11.4 Å². The minimum Gasteiger partial charge on any atom is -0.330 e. The molecule has 76 valence electrons. The predicted molar refractivity (Wildman–Crippen MR) is 56.3 cm³/mol. The monoisotopic (exact) mass is 210 g/mol. The Hall–Kier alpha value is -0.740. The molecule has 0 radical (unpaired) electrons. The van der Waals surface area contributed by atoms with Gasteiger partial charge in [-0.15, -0.1) is 0 Å². The Bertz CT molecular complexity index is 310. The van der Waals surface area contributed by atoms with E-state index in [2.05, 4.69) is 4.37 Å². The van der Waals surface area contributed by atoms with Gasteiger partial charge in [-0.2, -0.15) is 4.37 Å². The van der Waals surface area contributed by atoms with Crippen LogP contribution in [0.2, 0.25) is 0 Å². The summed E-state index contributed by atoms with van der Waals surface area (Å²) in [4.78, 5) is 12.0. The zero-order valence-corrected chi connectivity index (χ0v) is 8.80. The second kappa shape index (κ2) is 4.19. The summed E-state index contributed by atoms with van der Waals surface area (Å²) in [7, 11) is 0. The van der Waals surface area contributed by atoms with E-state index < -0.39 is 0 Å². The van der Waals surface area contributed by atoms with Gasteiger partial charge >= 0.3 is 0 Å². The summed E-state index contributed by atoms with van der Waals surface area (Å²) in [5, 5.41) is 1.85. The van der Waals surface area contributed by atoms with Gasteiger partial charge in [0.15, 0.2) is 5.78 Å². The van der Waals surface area contributed by atoms with Crippen LogP contribution in [0.4, 0.5) is 0 Å². The molecule has 0 aliphatic heterocycles. The third kappa shape index (κ3) is 1.72. The molecule has 2 unspecified atom stereocenters. The second-order valence-corrected chi connectivity index (χ2v) is 4.45. The minimum absolute atomic E-state index is 0.127. The highest BCUT2D eigenvalue weighted by molar-refractivity contribution is 7.03. The number of hydrogen-bond acceptors (Lipinski definition) is 4. The van der Waals surface area contributed by atoms with Crippen LogP contribution in [0, 0.1) is 11.8 Å². The number of Topliss-reactive ketones (excluding diaryl/α,β-unsaturated/α-hetero) is 1. The van der Waals surface area contributed by atoms with E-state index in [-0.39, 0.29) is 11.7 Å². The molecular formula is C10H14N2OS. The molecule has 1 aromatic heterocycles. The maximum absolute atomic E-state index is 12.0. The number of hydrogen-bond donors (Lipinski definition) is 1. The molecule has 0 spiro atoms. The molecule has 1 aromatic rings. The largest absolute Gasteiger partial charge is 0.330 e. The predicted octanol–water partition coefficient (Wildman–Crippen LogP) is 1.70. The molecule has 2 atom stereocenters. The number of rotatable bonds is 3. The van der Waals surface area contributed by atoms with Crippen molar-refractivity contribution in [3.63, 3.8) is 0 Å². The molecule has 1 aliphatic rings. The Labute approximate surface area is 87.5 Å². The van der Waals surface area contributed by atoms with Crippen LogP contribution in [0.25, 0.3) is 0 Å². The highest BCUT2D eigenvalue weighted by Crippen LogP contribution is 2.33. The zero-order valence-electron chi connectivity index (χ0n) is 7.98. The molecule has 2 rings (SSSR count). The quantitative estimate of drug-likeness (QED) is 0.772. The summed E-state index contributed by atoms with van der Waals surface area (Å²) in [5.41, 5.74) is 6.27. The molecule has 14 heavy (non-hydrogen) atoms. The molecule has 1 fully saturated rings. The normalized spacial score (nSPS) is 26.6. The molecule has 2 N–H and O–H groups in total. The molecule has 0 amide bonds. The van der Waals surface area contributed by atoms with Crippen LogP contribution in [0.5, 0.6) is 0 Å². The van der Waals surface area contributed by atoms with Gasteiger partial charge in [-0.3, -0.25) is 4.79 Å². The van der Waals surface area contributed by atoms with Gasteiger partial charge in [-0.05, 0) is 42.9 Å². The molecule has 1 heterocycles. The lowest BCUT2D eigenvalue weighted by Gasteiger charge is -2.14. The third-order valence-electron chi connectivity index (χ3n) is 2.99. The van der Waals surface area contributed by atoms with Crippen LogP contribution in [0.1, 0.15) is 29.8 Å². The van der Waals surface area contributed by atoms with E-state index in [1.54, 1.807) is 6.07 Å². The van der Waals surface area contributed by atoms with Crippen LogP contribution >= 0.6 is 11.5 Å². The Morgan fingerprint density at radius 3 is 3.14 bits per heavy atom. The number of ketones is 1. The maximum Gasteiger partial charge on any atom is 0.185 e. The average molecular weight is 210 g/mol. The fourth-order valence-corrected chi connectivity index (χ4v) is 2.71. The molecule has 0 bridgehead atoms. The molecule has 0 saturated heterocycles. The van der Waals surface area contributed by atoms with Crippen LogP contribution < -0.4 is 5.73 Å². The van der Waals surface area contributed by atoms with Gasteiger partial charge in [0, 0.05) is 11.3 Å². The molecular weight excluding hydrogens is 196 g/mol. The van der Waals surface area contributed by atoms with Crippen molar-refractivity contribution in [2.75, 3.05) is 6.54 Å².